The van der Waals surface area contributed by atoms with E-state index in [-0.39, 0.29) is 26.7 Å². The van der Waals surface area contributed by atoms with Crippen molar-refractivity contribution >= 4 is 32.9 Å². The lowest BCUT2D eigenvalue weighted by Crippen LogP contribution is -2.21. The number of aromatic nitrogens is 2. The van der Waals surface area contributed by atoms with Crippen LogP contribution in [0.5, 0.6) is 0 Å². The number of nitrogens with zero attached hydrogens (tertiary/aromatic N) is 1. The van der Waals surface area contributed by atoms with Crippen molar-refractivity contribution in [1.29, 1.82) is 0 Å². The van der Waals surface area contributed by atoms with E-state index in [2.05, 4.69) is 10.4 Å². The summed E-state index contributed by atoms with van der Waals surface area (Å²) in [5.74, 6) is -0.0581. The van der Waals surface area contributed by atoms with Gasteiger partial charge in [0, 0.05) is 31.1 Å². The largest absolute Gasteiger partial charge is 0.382 e. The minimum Gasteiger partial charge on any atom is -0.382 e. The predicted molar refractivity (Wildman–Crippen MR) is 99.9 cm³/mol. The van der Waals surface area contributed by atoms with Crippen LogP contribution >= 0.6 is 11.6 Å². The van der Waals surface area contributed by atoms with Gasteiger partial charge >= 0.3 is 0 Å². The third kappa shape index (κ3) is 3.57. The normalized spacial score (nSPS) is 14.4. The van der Waals surface area contributed by atoms with E-state index in [1.807, 2.05) is 0 Å². The number of sulfone groups is 1. The number of benzene rings is 1. The lowest BCUT2D eigenvalue weighted by atomic mass is 10.1. The number of anilines is 1. The van der Waals surface area contributed by atoms with Gasteiger partial charge in [-0.05, 0) is 37.8 Å². The van der Waals surface area contributed by atoms with Crippen LogP contribution in [0.1, 0.15) is 35.7 Å². The monoisotopic (exact) mass is 397 g/mol. The number of H-pyrrole nitrogens is 1. The number of aromatic amines is 1. The molecule has 1 aliphatic rings. The third-order valence-corrected chi connectivity index (χ3v) is 5.95. The van der Waals surface area contributed by atoms with Gasteiger partial charge in [-0.2, -0.15) is 0 Å². The van der Waals surface area contributed by atoms with Gasteiger partial charge in [0.2, 0.25) is 5.78 Å². The van der Waals surface area contributed by atoms with Gasteiger partial charge in [-0.25, -0.2) is 8.42 Å². The van der Waals surface area contributed by atoms with Gasteiger partial charge in [-0.15, -0.1) is 0 Å². The van der Waals surface area contributed by atoms with Crippen LogP contribution in [0.25, 0.3) is 0 Å². The summed E-state index contributed by atoms with van der Waals surface area (Å²) in [6.07, 6.45) is 4.59. The summed E-state index contributed by atoms with van der Waals surface area (Å²) in [5.41, 5.74) is -0.155. The van der Waals surface area contributed by atoms with Crippen LogP contribution in [0.4, 0.5) is 5.69 Å². The molecule has 1 aromatic heterocycles. The lowest BCUT2D eigenvalue weighted by molar-refractivity contribution is 0.103. The molecular weight excluding hydrogens is 378 g/mol. The van der Waals surface area contributed by atoms with E-state index in [4.69, 9.17) is 11.6 Å². The predicted octanol–water partition coefficient (Wildman–Crippen LogP) is 2.31. The van der Waals surface area contributed by atoms with E-state index in [9.17, 15) is 18.0 Å². The average Bonchev–Trinajstić information content (AvgIpc) is 3.33. The molecule has 0 saturated heterocycles. The maximum Gasteiger partial charge on any atom is 0.277 e. The number of nitrogens with one attached hydrogen (secondary N) is 2. The molecule has 1 fully saturated rings. The molecule has 1 heterocycles. The molecule has 0 radical (unpaired) electrons. The Balaban J connectivity index is 2.06. The molecule has 9 heteroatoms. The molecular formula is C17H20ClN3O4S. The highest BCUT2D eigenvalue weighted by Gasteiger charge is 2.26. The lowest BCUT2D eigenvalue weighted by Gasteiger charge is -2.15. The SMILES string of the molecule is CCn1[nH]cc(C(=O)c2ccc(S(C)(=O)=O)c(NCC3CC3)c2Cl)c1=O. The Kier molecular flexibility index (Phi) is 4.98. The van der Waals surface area contributed by atoms with Crippen molar-refractivity contribution < 1.29 is 13.2 Å². The molecule has 2 aromatic rings. The van der Waals surface area contributed by atoms with Crippen molar-refractivity contribution in [2.45, 2.75) is 31.2 Å². The highest BCUT2D eigenvalue weighted by Crippen LogP contribution is 2.36. The Morgan fingerprint density at radius 3 is 2.58 bits per heavy atom. The van der Waals surface area contributed by atoms with E-state index >= 15 is 0 Å². The minimum atomic E-state index is -3.53. The van der Waals surface area contributed by atoms with Crippen LogP contribution in [0.2, 0.25) is 5.02 Å². The highest BCUT2D eigenvalue weighted by molar-refractivity contribution is 7.90. The van der Waals surface area contributed by atoms with Crippen molar-refractivity contribution in [2.24, 2.45) is 5.92 Å². The van der Waals surface area contributed by atoms with E-state index in [0.717, 1.165) is 19.1 Å². The fraction of sp³-hybridized carbons (Fsp3) is 0.412. The molecule has 26 heavy (non-hydrogen) atoms. The van der Waals surface area contributed by atoms with E-state index in [0.29, 0.717) is 19.0 Å². The highest BCUT2D eigenvalue weighted by atomic mass is 35.5. The Labute approximate surface area is 156 Å². The first-order chi connectivity index (χ1) is 12.2. The molecule has 0 unspecified atom stereocenters. The van der Waals surface area contributed by atoms with Crippen LogP contribution in [-0.4, -0.2) is 36.8 Å². The Bertz CT molecular complexity index is 1020. The molecule has 3 rings (SSSR count). The zero-order valence-corrected chi connectivity index (χ0v) is 16.1. The molecule has 0 atom stereocenters. The van der Waals surface area contributed by atoms with Crippen molar-refractivity contribution in [2.75, 3.05) is 18.1 Å². The summed E-state index contributed by atoms with van der Waals surface area (Å²) >= 11 is 6.39. The summed E-state index contributed by atoms with van der Waals surface area (Å²) in [6.45, 7) is 2.77. The molecule has 0 bridgehead atoms. The number of rotatable bonds is 7. The molecule has 0 aliphatic heterocycles. The second-order valence-electron chi connectivity index (χ2n) is 6.46. The van der Waals surface area contributed by atoms with Gasteiger partial charge in [-0.1, -0.05) is 11.6 Å². The van der Waals surface area contributed by atoms with Crippen LogP contribution in [0.15, 0.2) is 28.0 Å². The van der Waals surface area contributed by atoms with E-state index in [1.165, 1.54) is 23.0 Å². The fourth-order valence-corrected chi connectivity index (χ4v) is 3.96. The molecule has 7 nitrogen and oxygen atoms in total. The molecule has 1 saturated carbocycles. The van der Waals surface area contributed by atoms with Crippen molar-refractivity contribution in [3.63, 3.8) is 0 Å². The average molecular weight is 398 g/mol. The maximum absolute atomic E-state index is 12.8. The minimum absolute atomic E-state index is 0.0159. The summed E-state index contributed by atoms with van der Waals surface area (Å²) in [6, 6.07) is 2.71. The van der Waals surface area contributed by atoms with Gasteiger partial charge in [0.15, 0.2) is 9.84 Å². The van der Waals surface area contributed by atoms with Crippen molar-refractivity contribution in [3.8, 4) is 0 Å². The smallest absolute Gasteiger partial charge is 0.277 e. The Hall–Kier alpha value is -2.06. The third-order valence-electron chi connectivity index (χ3n) is 4.41. The van der Waals surface area contributed by atoms with Crippen LogP contribution in [0.3, 0.4) is 0 Å². The summed E-state index contributed by atoms with van der Waals surface area (Å²) in [7, 11) is -3.53. The zero-order valence-electron chi connectivity index (χ0n) is 14.5. The molecule has 2 N–H and O–H groups in total. The zero-order chi connectivity index (χ0) is 19.1. The van der Waals surface area contributed by atoms with Gasteiger partial charge in [0.1, 0.15) is 5.56 Å². The molecule has 0 amide bonds. The van der Waals surface area contributed by atoms with Gasteiger partial charge < -0.3 is 10.4 Å². The second-order valence-corrected chi connectivity index (χ2v) is 8.82. The number of aryl methyl sites for hydroxylation is 1. The molecule has 140 valence electrons. The first kappa shape index (κ1) is 18.7. The Morgan fingerprint density at radius 1 is 1.35 bits per heavy atom. The van der Waals surface area contributed by atoms with Crippen molar-refractivity contribution in [1.82, 2.24) is 9.78 Å². The first-order valence-corrected chi connectivity index (χ1v) is 10.6. The quantitative estimate of drug-likeness (QED) is 0.698. The van der Waals surface area contributed by atoms with Crippen LogP contribution in [0, 0.1) is 5.92 Å². The summed E-state index contributed by atoms with van der Waals surface area (Å²) < 4.78 is 25.4. The summed E-state index contributed by atoms with van der Waals surface area (Å²) in [4.78, 5) is 25.0. The molecule has 0 spiro atoms. The maximum atomic E-state index is 12.8. The topological polar surface area (TPSA) is 101 Å². The Morgan fingerprint density at radius 2 is 2.04 bits per heavy atom. The van der Waals surface area contributed by atoms with Crippen LogP contribution in [-0.2, 0) is 16.4 Å². The number of hydrogen-bond acceptors (Lipinski definition) is 5. The fourth-order valence-electron chi connectivity index (χ4n) is 2.73. The standard InChI is InChI=1S/C17H20ClN3O4S/c1-3-21-17(23)12(9-20-21)16(22)11-6-7-13(26(2,24)25)15(14(11)18)19-8-10-4-5-10/h6-7,9-10,19-20H,3-5,8H2,1-2H3. The van der Waals surface area contributed by atoms with Gasteiger partial charge in [0.25, 0.3) is 5.56 Å². The first-order valence-electron chi connectivity index (χ1n) is 8.33. The van der Waals surface area contributed by atoms with E-state index < -0.39 is 21.2 Å². The second kappa shape index (κ2) is 6.92. The van der Waals surface area contributed by atoms with E-state index in [1.54, 1.807) is 6.92 Å². The van der Waals surface area contributed by atoms with Gasteiger partial charge in [-0.3, -0.25) is 14.3 Å². The molecule has 1 aromatic carbocycles. The number of carbonyl (C=O) groups excluding carboxylic acids is 1. The summed E-state index contributed by atoms with van der Waals surface area (Å²) in [5, 5.41) is 5.81. The number of hydrogen-bond donors (Lipinski definition) is 2. The van der Waals surface area contributed by atoms with Crippen LogP contribution < -0.4 is 10.9 Å². The molecule has 1 aliphatic carbocycles. The van der Waals surface area contributed by atoms with Gasteiger partial charge in [0.05, 0.1) is 15.6 Å². The van der Waals surface area contributed by atoms with Crippen molar-refractivity contribution in [3.05, 3.63) is 44.8 Å². The number of halogens is 1. The number of ketones is 1. The number of carbonyl (C=O) groups is 1.